The van der Waals surface area contributed by atoms with Crippen LogP contribution in [0.4, 0.5) is 10.8 Å². The second-order valence-corrected chi connectivity index (χ2v) is 6.24. The van der Waals surface area contributed by atoms with Gasteiger partial charge in [-0.1, -0.05) is 22.9 Å². The van der Waals surface area contributed by atoms with Gasteiger partial charge in [-0.05, 0) is 25.5 Å². The molecule has 0 bridgehead atoms. The number of rotatable bonds is 6. The van der Waals surface area contributed by atoms with Crippen LogP contribution in [-0.4, -0.2) is 29.8 Å². The topological polar surface area (TPSA) is 76.1 Å². The van der Waals surface area contributed by atoms with Gasteiger partial charge in [0.05, 0.1) is 12.8 Å². The molecule has 1 heterocycles. The Bertz CT molecular complexity index is 675. The number of hydrogen-bond donors (Lipinski definition) is 2. The summed E-state index contributed by atoms with van der Waals surface area (Å²) < 4.78 is 5.23. The summed E-state index contributed by atoms with van der Waals surface area (Å²) in [6.45, 7) is 4.23. The first-order valence-corrected chi connectivity index (χ1v) is 7.87. The number of aryl methyl sites for hydroxylation is 2. The van der Waals surface area contributed by atoms with Crippen LogP contribution < -0.4 is 15.4 Å². The molecule has 0 fully saturated rings. The fraction of sp³-hybridized carbons (Fsp3) is 0.357. The highest BCUT2D eigenvalue weighted by atomic mass is 35.5. The van der Waals surface area contributed by atoms with E-state index in [1.54, 1.807) is 12.1 Å². The highest BCUT2D eigenvalue weighted by Gasteiger charge is 2.10. The predicted octanol–water partition coefficient (Wildman–Crippen LogP) is 3.26. The molecule has 1 aromatic heterocycles. The van der Waals surface area contributed by atoms with Gasteiger partial charge in [-0.2, -0.15) is 0 Å². The third-order valence-electron chi connectivity index (χ3n) is 2.91. The summed E-state index contributed by atoms with van der Waals surface area (Å²) in [5, 5.41) is 15.9. The van der Waals surface area contributed by atoms with Crippen molar-refractivity contribution in [2.75, 3.05) is 24.3 Å². The molecule has 0 aliphatic heterocycles. The quantitative estimate of drug-likeness (QED) is 0.844. The fourth-order valence-corrected chi connectivity index (χ4v) is 2.56. The zero-order valence-electron chi connectivity index (χ0n) is 12.6. The highest BCUT2D eigenvalue weighted by molar-refractivity contribution is 7.15. The maximum absolute atomic E-state index is 12.0. The summed E-state index contributed by atoms with van der Waals surface area (Å²) in [7, 11) is 1.54. The molecule has 22 heavy (non-hydrogen) atoms. The number of hydrogen-bond acceptors (Lipinski definition) is 6. The number of nitrogens with one attached hydrogen (secondary N) is 2. The normalized spacial score (nSPS) is 10.4. The molecule has 0 unspecified atom stereocenters. The average molecular weight is 341 g/mol. The Balaban J connectivity index is 1.90. The molecular weight excluding hydrogens is 324 g/mol. The van der Waals surface area contributed by atoms with Gasteiger partial charge in [0, 0.05) is 24.1 Å². The number of nitrogens with zero attached hydrogens (tertiary/aromatic N) is 2. The van der Waals surface area contributed by atoms with Crippen molar-refractivity contribution in [3.05, 3.63) is 27.7 Å². The van der Waals surface area contributed by atoms with Crippen molar-refractivity contribution in [1.29, 1.82) is 0 Å². The van der Waals surface area contributed by atoms with E-state index < -0.39 is 0 Å². The Hall–Kier alpha value is -1.86. The zero-order chi connectivity index (χ0) is 16.1. The van der Waals surface area contributed by atoms with Crippen molar-refractivity contribution in [3.63, 3.8) is 0 Å². The highest BCUT2D eigenvalue weighted by Crippen LogP contribution is 2.30. The van der Waals surface area contributed by atoms with Gasteiger partial charge in [0.1, 0.15) is 10.8 Å². The summed E-state index contributed by atoms with van der Waals surface area (Å²) in [6.07, 6.45) is 0.309. The molecule has 1 amide bonds. The summed E-state index contributed by atoms with van der Waals surface area (Å²) in [6, 6.07) is 3.48. The molecule has 0 atom stereocenters. The van der Waals surface area contributed by atoms with Crippen molar-refractivity contribution >= 4 is 39.7 Å². The standard InChI is InChI=1S/C14H17ClN4O2S/c1-8-6-11(12(21-3)7-10(8)15)17-13(20)4-5-16-14-19-18-9(2)22-14/h6-7H,4-5H2,1-3H3,(H,16,19)(H,17,20). The molecule has 0 aliphatic rings. The van der Waals surface area contributed by atoms with E-state index in [9.17, 15) is 4.79 Å². The van der Waals surface area contributed by atoms with Crippen LogP contribution in [0.25, 0.3) is 0 Å². The SMILES string of the molecule is COc1cc(Cl)c(C)cc1NC(=O)CCNc1nnc(C)s1. The number of aromatic nitrogens is 2. The minimum absolute atomic E-state index is 0.117. The number of halogens is 1. The molecule has 1 aromatic carbocycles. The number of carbonyl (C=O) groups excluding carboxylic acids is 1. The lowest BCUT2D eigenvalue weighted by atomic mass is 10.2. The molecule has 0 aliphatic carbocycles. The van der Waals surface area contributed by atoms with E-state index in [4.69, 9.17) is 16.3 Å². The van der Waals surface area contributed by atoms with Gasteiger partial charge in [0.25, 0.3) is 0 Å². The Kier molecular flexibility index (Phi) is 5.57. The Labute approximate surface area is 137 Å². The van der Waals surface area contributed by atoms with E-state index in [2.05, 4.69) is 20.8 Å². The minimum Gasteiger partial charge on any atom is -0.495 e. The fourth-order valence-electron chi connectivity index (χ4n) is 1.79. The van der Waals surface area contributed by atoms with E-state index in [0.29, 0.717) is 34.6 Å². The number of benzene rings is 1. The van der Waals surface area contributed by atoms with E-state index >= 15 is 0 Å². The second kappa shape index (κ2) is 7.42. The molecule has 0 saturated heterocycles. The summed E-state index contributed by atoms with van der Waals surface area (Å²) >= 11 is 7.49. The van der Waals surface area contributed by atoms with E-state index in [1.165, 1.54) is 18.4 Å². The molecule has 118 valence electrons. The van der Waals surface area contributed by atoms with Crippen LogP contribution in [0.2, 0.25) is 5.02 Å². The van der Waals surface area contributed by atoms with Crippen molar-refractivity contribution in [3.8, 4) is 5.75 Å². The van der Waals surface area contributed by atoms with Gasteiger partial charge in [0.2, 0.25) is 11.0 Å². The number of anilines is 2. The first kappa shape index (κ1) is 16.5. The molecule has 2 N–H and O–H groups in total. The van der Waals surface area contributed by atoms with Crippen LogP contribution in [0.1, 0.15) is 17.0 Å². The van der Waals surface area contributed by atoms with Crippen LogP contribution in [0.3, 0.4) is 0 Å². The van der Waals surface area contributed by atoms with Crippen LogP contribution in [-0.2, 0) is 4.79 Å². The molecule has 2 aromatic rings. The minimum atomic E-state index is -0.117. The van der Waals surface area contributed by atoms with Gasteiger partial charge in [-0.15, -0.1) is 10.2 Å². The average Bonchev–Trinajstić information content (AvgIpc) is 2.88. The Morgan fingerprint density at radius 1 is 1.36 bits per heavy atom. The molecule has 8 heteroatoms. The van der Waals surface area contributed by atoms with Crippen molar-refractivity contribution < 1.29 is 9.53 Å². The molecule has 0 spiro atoms. The molecule has 0 radical (unpaired) electrons. The van der Waals surface area contributed by atoms with Gasteiger partial charge in [-0.25, -0.2) is 0 Å². The number of carbonyl (C=O) groups is 1. The van der Waals surface area contributed by atoms with Gasteiger partial charge < -0.3 is 15.4 Å². The van der Waals surface area contributed by atoms with Crippen LogP contribution in [0.5, 0.6) is 5.75 Å². The molecule has 2 rings (SSSR count). The summed E-state index contributed by atoms with van der Waals surface area (Å²) in [4.78, 5) is 12.0. The number of amides is 1. The second-order valence-electron chi connectivity index (χ2n) is 4.65. The number of methoxy groups -OCH3 is 1. The Morgan fingerprint density at radius 2 is 2.14 bits per heavy atom. The first-order valence-electron chi connectivity index (χ1n) is 6.67. The van der Waals surface area contributed by atoms with Crippen molar-refractivity contribution in [1.82, 2.24) is 10.2 Å². The lowest BCUT2D eigenvalue weighted by Gasteiger charge is -2.12. The van der Waals surface area contributed by atoms with Gasteiger partial charge in [0.15, 0.2) is 0 Å². The van der Waals surface area contributed by atoms with Crippen LogP contribution in [0, 0.1) is 13.8 Å². The smallest absolute Gasteiger partial charge is 0.226 e. The lowest BCUT2D eigenvalue weighted by Crippen LogP contribution is -2.16. The largest absolute Gasteiger partial charge is 0.495 e. The van der Waals surface area contributed by atoms with E-state index in [0.717, 1.165) is 10.6 Å². The Morgan fingerprint density at radius 3 is 2.77 bits per heavy atom. The van der Waals surface area contributed by atoms with Crippen LogP contribution >= 0.6 is 22.9 Å². The predicted molar refractivity (Wildman–Crippen MR) is 89.1 cm³/mol. The van der Waals surface area contributed by atoms with Crippen LogP contribution in [0.15, 0.2) is 12.1 Å². The van der Waals surface area contributed by atoms with E-state index in [1.807, 2.05) is 13.8 Å². The van der Waals surface area contributed by atoms with E-state index in [-0.39, 0.29) is 5.91 Å². The van der Waals surface area contributed by atoms with Gasteiger partial charge in [-0.3, -0.25) is 4.79 Å². The number of ether oxygens (including phenoxy) is 1. The van der Waals surface area contributed by atoms with Crippen molar-refractivity contribution in [2.45, 2.75) is 20.3 Å². The zero-order valence-corrected chi connectivity index (χ0v) is 14.1. The van der Waals surface area contributed by atoms with Gasteiger partial charge >= 0.3 is 0 Å². The summed E-state index contributed by atoms with van der Waals surface area (Å²) in [5.41, 5.74) is 1.49. The maximum atomic E-state index is 12.0. The molecule has 6 nitrogen and oxygen atoms in total. The molecular formula is C14H17ClN4O2S. The molecule has 0 saturated carbocycles. The third-order valence-corrected chi connectivity index (χ3v) is 4.11. The third kappa shape index (κ3) is 4.32. The lowest BCUT2D eigenvalue weighted by molar-refractivity contribution is -0.115. The maximum Gasteiger partial charge on any atom is 0.226 e. The van der Waals surface area contributed by atoms with Crippen molar-refractivity contribution in [2.24, 2.45) is 0 Å². The first-order chi connectivity index (χ1) is 10.5. The monoisotopic (exact) mass is 340 g/mol. The summed E-state index contributed by atoms with van der Waals surface area (Å²) in [5.74, 6) is 0.422.